The third-order valence-electron chi connectivity index (χ3n) is 5.73. The summed E-state index contributed by atoms with van der Waals surface area (Å²) in [4.78, 5) is 12.3. The van der Waals surface area contributed by atoms with Gasteiger partial charge in [0.25, 0.3) is 0 Å². The van der Waals surface area contributed by atoms with Gasteiger partial charge in [0.1, 0.15) is 18.1 Å². The van der Waals surface area contributed by atoms with Crippen LogP contribution in [0, 0.1) is 0 Å². The SMILES string of the molecule is c1ccc(COc2ccc3[nH]nc(-c4nc5ccc(NCc6ccncc6)cc5[nH]4)c3c2)cc1. The lowest BCUT2D eigenvalue weighted by Gasteiger charge is -2.06. The highest BCUT2D eigenvalue weighted by molar-refractivity contribution is 5.94. The molecule has 0 radical (unpaired) electrons. The van der Waals surface area contributed by atoms with Crippen molar-refractivity contribution in [2.75, 3.05) is 5.32 Å². The van der Waals surface area contributed by atoms with E-state index in [9.17, 15) is 0 Å². The molecule has 166 valence electrons. The van der Waals surface area contributed by atoms with Crippen molar-refractivity contribution in [2.45, 2.75) is 13.2 Å². The van der Waals surface area contributed by atoms with E-state index in [0.29, 0.717) is 12.4 Å². The second kappa shape index (κ2) is 8.71. The normalized spacial score (nSPS) is 11.2. The molecule has 3 heterocycles. The maximum atomic E-state index is 6.01. The second-order valence-electron chi connectivity index (χ2n) is 8.08. The highest BCUT2D eigenvalue weighted by Gasteiger charge is 2.14. The van der Waals surface area contributed by atoms with Gasteiger partial charge in [-0.15, -0.1) is 0 Å². The first-order valence-corrected chi connectivity index (χ1v) is 11.1. The molecule has 3 N–H and O–H groups in total. The van der Waals surface area contributed by atoms with Crippen LogP contribution in [0.5, 0.6) is 5.75 Å². The van der Waals surface area contributed by atoms with Crippen LogP contribution >= 0.6 is 0 Å². The standard InChI is InChI=1S/C27H22N6O/c1-2-4-19(5-3-1)17-34-21-7-9-23-22(15-21)26(33-32-23)27-30-24-8-6-20(14-25(24)31-27)29-16-18-10-12-28-13-11-18/h1-15,29H,16-17H2,(H,30,31)(H,32,33). The first-order valence-electron chi connectivity index (χ1n) is 11.1. The lowest BCUT2D eigenvalue weighted by molar-refractivity contribution is 0.306. The largest absolute Gasteiger partial charge is 0.489 e. The number of aromatic amines is 2. The minimum atomic E-state index is 0.513. The molecule has 0 atom stereocenters. The van der Waals surface area contributed by atoms with E-state index in [-0.39, 0.29) is 0 Å². The summed E-state index contributed by atoms with van der Waals surface area (Å²) < 4.78 is 6.01. The van der Waals surface area contributed by atoms with Crippen molar-refractivity contribution in [3.8, 4) is 17.3 Å². The highest BCUT2D eigenvalue weighted by Crippen LogP contribution is 2.30. The van der Waals surface area contributed by atoms with Gasteiger partial charge in [-0.1, -0.05) is 30.3 Å². The highest BCUT2D eigenvalue weighted by atomic mass is 16.5. The first-order chi connectivity index (χ1) is 16.8. The van der Waals surface area contributed by atoms with Gasteiger partial charge in [-0.25, -0.2) is 4.98 Å². The summed E-state index contributed by atoms with van der Waals surface area (Å²) in [6.07, 6.45) is 3.60. The van der Waals surface area contributed by atoms with E-state index in [1.807, 2.05) is 60.7 Å². The summed E-state index contributed by atoms with van der Waals surface area (Å²) in [6, 6.07) is 26.2. The summed E-state index contributed by atoms with van der Waals surface area (Å²) in [5, 5.41) is 12.0. The average Bonchev–Trinajstić information content (AvgIpc) is 3.50. The minimum absolute atomic E-state index is 0.513. The number of nitrogens with zero attached hydrogens (tertiary/aromatic N) is 3. The van der Waals surface area contributed by atoms with Crippen molar-refractivity contribution in [3.05, 3.63) is 102 Å². The zero-order valence-electron chi connectivity index (χ0n) is 18.3. The van der Waals surface area contributed by atoms with Crippen LogP contribution in [0.15, 0.2) is 91.3 Å². The summed E-state index contributed by atoms with van der Waals surface area (Å²) in [6.45, 7) is 1.24. The molecule has 0 unspecified atom stereocenters. The monoisotopic (exact) mass is 446 g/mol. The number of H-pyrrole nitrogens is 2. The van der Waals surface area contributed by atoms with Crippen molar-refractivity contribution < 1.29 is 4.74 Å². The van der Waals surface area contributed by atoms with E-state index < -0.39 is 0 Å². The number of nitrogens with one attached hydrogen (secondary N) is 3. The molecule has 3 aromatic carbocycles. The minimum Gasteiger partial charge on any atom is -0.489 e. The van der Waals surface area contributed by atoms with Crippen molar-refractivity contribution in [3.63, 3.8) is 0 Å². The van der Waals surface area contributed by atoms with Gasteiger partial charge in [0, 0.05) is 30.0 Å². The number of hydrogen-bond acceptors (Lipinski definition) is 5. The van der Waals surface area contributed by atoms with Gasteiger partial charge in [0.05, 0.1) is 16.6 Å². The van der Waals surface area contributed by atoms with E-state index >= 15 is 0 Å². The fourth-order valence-electron chi connectivity index (χ4n) is 3.94. The van der Waals surface area contributed by atoms with E-state index in [1.54, 1.807) is 12.4 Å². The van der Waals surface area contributed by atoms with E-state index in [0.717, 1.165) is 51.2 Å². The zero-order chi connectivity index (χ0) is 22.7. The maximum Gasteiger partial charge on any atom is 0.159 e. The summed E-state index contributed by atoms with van der Waals surface area (Å²) in [5.41, 5.74) is 6.85. The Morgan fingerprint density at radius 2 is 1.71 bits per heavy atom. The Morgan fingerprint density at radius 3 is 2.59 bits per heavy atom. The predicted octanol–water partition coefficient (Wildman–Crippen LogP) is 5.69. The first kappa shape index (κ1) is 20.0. The fourth-order valence-corrected chi connectivity index (χ4v) is 3.94. The van der Waals surface area contributed by atoms with Gasteiger partial charge >= 0.3 is 0 Å². The molecule has 0 spiro atoms. The number of benzene rings is 3. The topological polar surface area (TPSA) is 91.5 Å². The molecule has 7 heteroatoms. The molecule has 7 nitrogen and oxygen atoms in total. The molecule has 0 aliphatic rings. The number of anilines is 1. The molecular formula is C27H22N6O. The number of rotatable bonds is 7. The lowest BCUT2D eigenvalue weighted by Crippen LogP contribution is -1.98. The van der Waals surface area contributed by atoms with E-state index in [2.05, 4.69) is 43.7 Å². The quantitative estimate of drug-likeness (QED) is 0.293. The molecule has 6 rings (SSSR count). The number of hydrogen-bond donors (Lipinski definition) is 3. The van der Waals surface area contributed by atoms with Crippen LogP contribution in [-0.2, 0) is 13.2 Å². The van der Waals surface area contributed by atoms with Gasteiger partial charge in [-0.3, -0.25) is 10.1 Å². The second-order valence-corrected chi connectivity index (χ2v) is 8.08. The fraction of sp³-hybridized carbons (Fsp3) is 0.0741. The molecule has 6 aromatic rings. The zero-order valence-corrected chi connectivity index (χ0v) is 18.3. The summed E-state index contributed by atoms with van der Waals surface area (Å²) in [7, 11) is 0. The Kier molecular flexibility index (Phi) is 5.12. The Hall–Kier alpha value is -4.65. The molecule has 0 bridgehead atoms. The van der Waals surface area contributed by atoms with Gasteiger partial charge in [0.2, 0.25) is 0 Å². The molecule has 0 saturated carbocycles. The maximum absolute atomic E-state index is 6.01. The average molecular weight is 447 g/mol. The van der Waals surface area contributed by atoms with Gasteiger partial charge in [-0.2, -0.15) is 5.10 Å². The van der Waals surface area contributed by atoms with Crippen molar-refractivity contribution in [1.29, 1.82) is 0 Å². The van der Waals surface area contributed by atoms with Crippen LogP contribution in [0.3, 0.4) is 0 Å². The lowest BCUT2D eigenvalue weighted by atomic mass is 10.2. The molecule has 0 saturated heterocycles. The number of ether oxygens (including phenoxy) is 1. The van der Waals surface area contributed by atoms with Gasteiger partial charge in [0.15, 0.2) is 5.82 Å². The third-order valence-corrected chi connectivity index (χ3v) is 5.73. The molecule has 34 heavy (non-hydrogen) atoms. The number of fused-ring (bicyclic) bond motifs is 2. The number of pyridine rings is 1. The van der Waals surface area contributed by atoms with Crippen molar-refractivity contribution >= 4 is 27.6 Å². The summed E-state index contributed by atoms with van der Waals surface area (Å²) in [5.74, 6) is 1.51. The smallest absolute Gasteiger partial charge is 0.159 e. The molecule has 3 aromatic heterocycles. The van der Waals surface area contributed by atoms with Gasteiger partial charge < -0.3 is 15.0 Å². The van der Waals surface area contributed by atoms with Gasteiger partial charge in [-0.05, 0) is 59.7 Å². The van der Waals surface area contributed by atoms with Crippen LogP contribution in [-0.4, -0.2) is 25.1 Å². The number of aromatic nitrogens is 5. The van der Waals surface area contributed by atoms with Crippen LogP contribution < -0.4 is 10.1 Å². The summed E-state index contributed by atoms with van der Waals surface area (Å²) >= 11 is 0. The van der Waals surface area contributed by atoms with Crippen LogP contribution in [0.1, 0.15) is 11.1 Å². The molecular weight excluding hydrogens is 424 g/mol. The third kappa shape index (κ3) is 4.06. The van der Waals surface area contributed by atoms with Crippen LogP contribution in [0.2, 0.25) is 0 Å². The Labute approximate surface area is 195 Å². The van der Waals surface area contributed by atoms with E-state index in [4.69, 9.17) is 9.72 Å². The molecule has 0 aliphatic carbocycles. The molecule has 0 fully saturated rings. The Morgan fingerprint density at radius 1 is 0.824 bits per heavy atom. The predicted molar refractivity (Wildman–Crippen MR) is 134 cm³/mol. The van der Waals surface area contributed by atoms with Crippen molar-refractivity contribution in [1.82, 2.24) is 25.1 Å². The number of imidazole rings is 1. The van der Waals surface area contributed by atoms with E-state index in [1.165, 1.54) is 5.56 Å². The van der Waals surface area contributed by atoms with Crippen LogP contribution in [0.25, 0.3) is 33.5 Å². The Bertz CT molecular complexity index is 1560. The Balaban J connectivity index is 1.25. The van der Waals surface area contributed by atoms with Crippen molar-refractivity contribution in [2.24, 2.45) is 0 Å². The molecule has 0 aliphatic heterocycles. The molecule has 0 amide bonds. The van der Waals surface area contributed by atoms with Crippen LogP contribution in [0.4, 0.5) is 5.69 Å².